The molecular weight excluding hydrogens is 244 g/mol. The van der Waals surface area contributed by atoms with Gasteiger partial charge in [0.25, 0.3) is 0 Å². The normalized spacial score (nSPS) is 12.2. The molecule has 1 aromatic carbocycles. The molecule has 106 valence electrons. The molecule has 4 heteroatoms. The van der Waals surface area contributed by atoms with Crippen LogP contribution in [0.15, 0.2) is 18.2 Å². The Morgan fingerprint density at radius 2 is 2.16 bits per heavy atom. The number of aromatic hydroxyl groups is 1. The van der Waals surface area contributed by atoms with Gasteiger partial charge in [0.2, 0.25) is 0 Å². The van der Waals surface area contributed by atoms with E-state index in [1.807, 2.05) is 13.0 Å². The number of unbranched alkanes of at least 4 members (excludes halogenated alkanes) is 1. The molecule has 0 aliphatic rings. The zero-order valence-electron chi connectivity index (χ0n) is 11.8. The smallest absolute Gasteiger partial charge is 0.335 e. The van der Waals surface area contributed by atoms with Crippen molar-refractivity contribution in [3.05, 3.63) is 29.3 Å². The van der Waals surface area contributed by atoms with Gasteiger partial charge in [-0.1, -0.05) is 19.4 Å². The summed E-state index contributed by atoms with van der Waals surface area (Å²) in [5, 5.41) is 9.38. The Morgan fingerprint density at radius 3 is 2.74 bits per heavy atom. The SMILES string of the molecule is CCCCOC(Cc1ccc(O)cc1C)C(=O)OC. The highest BCUT2D eigenvalue weighted by atomic mass is 16.6. The maximum Gasteiger partial charge on any atom is 0.335 e. The van der Waals surface area contributed by atoms with Crippen molar-refractivity contribution in [1.29, 1.82) is 0 Å². The maximum absolute atomic E-state index is 11.7. The van der Waals surface area contributed by atoms with Crippen molar-refractivity contribution in [2.75, 3.05) is 13.7 Å². The van der Waals surface area contributed by atoms with Crippen LogP contribution in [-0.4, -0.2) is 30.9 Å². The highest BCUT2D eigenvalue weighted by molar-refractivity contribution is 5.75. The van der Waals surface area contributed by atoms with Crippen LogP contribution >= 0.6 is 0 Å². The number of phenolic OH excluding ortho intramolecular Hbond substituents is 1. The standard InChI is InChI=1S/C15H22O4/c1-4-5-8-19-14(15(17)18-3)10-12-6-7-13(16)9-11(12)2/h6-7,9,14,16H,4-5,8,10H2,1-3H3. The highest BCUT2D eigenvalue weighted by Crippen LogP contribution is 2.18. The van der Waals surface area contributed by atoms with Gasteiger partial charge in [0, 0.05) is 13.0 Å². The van der Waals surface area contributed by atoms with Gasteiger partial charge in [-0.3, -0.25) is 0 Å². The second-order valence-corrected chi connectivity index (χ2v) is 4.55. The number of hydrogen-bond acceptors (Lipinski definition) is 4. The fraction of sp³-hybridized carbons (Fsp3) is 0.533. The van der Waals surface area contributed by atoms with E-state index >= 15 is 0 Å². The van der Waals surface area contributed by atoms with Gasteiger partial charge in [-0.25, -0.2) is 4.79 Å². The van der Waals surface area contributed by atoms with Gasteiger partial charge in [-0.2, -0.15) is 0 Å². The summed E-state index contributed by atoms with van der Waals surface area (Å²) >= 11 is 0. The quantitative estimate of drug-likeness (QED) is 0.609. The van der Waals surface area contributed by atoms with Gasteiger partial charge < -0.3 is 14.6 Å². The van der Waals surface area contributed by atoms with Crippen LogP contribution in [0.4, 0.5) is 0 Å². The summed E-state index contributed by atoms with van der Waals surface area (Å²) in [5.41, 5.74) is 1.91. The van der Waals surface area contributed by atoms with E-state index in [0.29, 0.717) is 13.0 Å². The van der Waals surface area contributed by atoms with Crippen molar-refractivity contribution in [2.24, 2.45) is 0 Å². The average Bonchev–Trinajstić information content (AvgIpc) is 2.39. The Bertz CT molecular complexity index is 415. The van der Waals surface area contributed by atoms with Crippen LogP contribution in [0.1, 0.15) is 30.9 Å². The highest BCUT2D eigenvalue weighted by Gasteiger charge is 2.21. The van der Waals surface area contributed by atoms with Gasteiger partial charge in [-0.05, 0) is 36.6 Å². The molecule has 0 fully saturated rings. The lowest BCUT2D eigenvalue weighted by Crippen LogP contribution is -2.28. The lowest BCUT2D eigenvalue weighted by Gasteiger charge is -2.17. The molecule has 0 amide bonds. The predicted octanol–water partition coefficient (Wildman–Crippen LogP) is 2.60. The van der Waals surface area contributed by atoms with E-state index in [2.05, 4.69) is 6.92 Å². The van der Waals surface area contributed by atoms with Gasteiger partial charge >= 0.3 is 5.97 Å². The summed E-state index contributed by atoms with van der Waals surface area (Å²) in [5.74, 6) is -0.133. The first-order chi connectivity index (χ1) is 9.08. The first-order valence-corrected chi connectivity index (χ1v) is 6.56. The van der Waals surface area contributed by atoms with E-state index in [9.17, 15) is 9.90 Å². The molecule has 0 saturated carbocycles. The van der Waals surface area contributed by atoms with Crippen LogP contribution in [0.3, 0.4) is 0 Å². The first kappa shape index (κ1) is 15.5. The van der Waals surface area contributed by atoms with Crippen molar-refractivity contribution in [3.63, 3.8) is 0 Å². The summed E-state index contributed by atoms with van der Waals surface area (Å²) in [6, 6.07) is 5.10. The molecule has 1 N–H and O–H groups in total. The first-order valence-electron chi connectivity index (χ1n) is 6.56. The zero-order chi connectivity index (χ0) is 14.3. The Kier molecular flexibility index (Phi) is 6.36. The molecule has 1 aromatic rings. The van der Waals surface area contributed by atoms with Crippen LogP contribution in [-0.2, 0) is 20.7 Å². The molecule has 1 atom stereocenters. The molecule has 0 bridgehead atoms. The predicted molar refractivity (Wildman–Crippen MR) is 73.2 cm³/mol. The Labute approximate surface area is 114 Å². The van der Waals surface area contributed by atoms with E-state index in [-0.39, 0.29) is 11.7 Å². The molecule has 0 aromatic heterocycles. The molecular formula is C15H22O4. The van der Waals surface area contributed by atoms with Crippen molar-refractivity contribution < 1.29 is 19.4 Å². The minimum Gasteiger partial charge on any atom is -0.508 e. The second-order valence-electron chi connectivity index (χ2n) is 4.55. The van der Waals surface area contributed by atoms with Crippen molar-refractivity contribution in [1.82, 2.24) is 0 Å². The van der Waals surface area contributed by atoms with Gasteiger partial charge in [-0.15, -0.1) is 0 Å². The lowest BCUT2D eigenvalue weighted by molar-refractivity contribution is -0.154. The Hall–Kier alpha value is -1.55. The van der Waals surface area contributed by atoms with Crippen molar-refractivity contribution in [3.8, 4) is 5.75 Å². The molecule has 19 heavy (non-hydrogen) atoms. The Balaban J connectivity index is 2.72. The van der Waals surface area contributed by atoms with E-state index in [1.54, 1.807) is 12.1 Å². The van der Waals surface area contributed by atoms with Crippen LogP contribution in [0.25, 0.3) is 0 Å². The molecule has 0 saturated heterocycles. The van der Waals surface area contributed by atoms with Crippen LogP contribution in [0.5, 0.6) is 5.75 Å². The summed E-state index contributed by atoms with van der Waals surface area (Å²) in [7, 11) is 1.36. The largest absolute Gasteiger partial charge is 0.508 e. The number of esters is 1. The molecule has 1 unspecified atom stereocenters. The number of benzene rings is 1. The van der Waals surface area contributed by atoms with E-state index < -0.39 is 6.10 Å². The maximum atomic E-state index is 11.7. The number of hydrogen-bond donors (Lipinski definition) is 1. The fourth-order valence-electron chi connectivity index (χ4n) is 1.82. The van der Waals surface area contributed by atoms with Gasteiger partial charge in [0.1, 0.15) is 5.75 Å². The molecule has 1 rings (SSSR count). The zero-order valence-corrected chi connectivity index (χ0v) is 11.8. The molecule has 0 radical (unpaired) electrons. The van der Waals surface area contributed by atoms with Crippen LogP contribution < -0.4 is 0 Å². The lowest BCUT2D eigenvalue weighted by atomic mass is 10.0. The van der Waals surface area contributed by atoms with E-state index in [4.69, 9.17) is 9.47 Å². The van der Waals surface area contributed by atoms with Crippen LogP contribution in [0, 0.1) is 6.92 Å². The summed E-state index contributed by atoms with van der Waals surface area (Å²) in [6.45, 7) is 4.52. The molecule has 0 aliphatic carbocycles. The third kappa shape index (κ3) is 4.91. The van der Waals surface area contributed by atoms with Crippen molar-refractivity contribution in [2.45, 2.75) is 39.2 Å². The number of ether oxygens (including phenoxy) is 2. The number of phenols is 1. The third-order valence-electron chi connectivity index (χ3n) is 3.01. The summed E-state index contributed by atoms with van der Waals surface area (Å²) in [4.78, 5) is 11.7. The fourth-order valence-corrected chi connectivity index (χ4v) is 1.82. The Morgan fingerprint density at radius 1 is 1.42 bits per heavy atom. The van der Waals surface area contributed by atoms with Crippen LogP contribution in [0.2, 0.25) is 0 Å². The molecule has 0 spiro atoms. The van der Waals surface area contributed by atoms with Gasteiger partial charge in [0.15, 0.2) is 6.10 Å². The monoisotopic (exact) mass is 266 g/mol. The molecule has 4 nitrogen and oxygen atoms in total. The topological polar surface area (TPSA) is 55.8 Å². The molecule has 0 aliphatic heterocycles. The molecule has 0 heterocycles. The number of aryl methyl sites for hydroxylation is 1. The summed E-state index contributed by atoms with van der Waals surface area (Å²) < 4.78 is 10.4. The van der Waals surface area contributed by atoms with E-state index in [0.717, 1.165) is 24.0 Å². The number of carbonyl (C=O) groups is 1. The third-order valence-corrected chi connectivity index (χ3v) is 3.01. The summed E-state index contributed by atoms with van der Waals surface area (Å²) in [6.07, 6.45) is 1.82. The number of carbonyl (C=O) groups excluding carboxylic acids is 1. The van der Waals surface area contributed by atoms with Gasteiger partial charge in [0.05, 0.1) is 7.11 Å². The minimum atomic E-state index is -0.584. The average molecular weight is 266 g/mol. The number of methoxy groups -OCH3 is 1. The number of rotatable bonds is 7. The van der Waals surface area contributed by atoms with Crippen molar-refractivity contribution >= 4 is 5.97 Å². The van der Waals surface area contributed by atoms with E-state index in [1.165, 1.54) is 7.11 Å². The second kappa shape index (κ2) is 7.79. The minimum absolute atomic E-state index is 0.225.